The van der Waals surface area contributed by atoms with Crippen LogP contribution in [0.1, 0.15) is 43.9 Å². The number of ether oxygens (including phenoxy) is 1. The number of hydrogen-bond acceptors (Lipinski definition) is 2. The van der Waals surface area contributed by atoms with Crippen LogP contribution in [0.25, 0.3) is 0 Å². The lowest BCUT2D eigenvalue weighted by molar-refractivity contribution is 0.0782. The molecular weight excluding hydrogens is 222 g/mol. The third-order valence-corrected chi connectivity index (χ3v) is 4.15. The zero-order valence-corrected chi connectivity index (χ0v) is 11.8. The molecule has 3 atom stereocenters. The zero-order chi connectivity index (χ0) is 13.0. The predicted octanol–water partition coefficient (Wildman–Crippen LogP) is 3.32. The summed E-state index contributed by atoms with van der Waals surface area (Å²) in [6.45, 7) is 5.33. The molecule has 1 aliphatic heterocycles. The highest BCUT2D eigenvalue weighted by atomic mass is 16.5. The first-order chi connectivity index (χ1) is 8.80. The Hall–Kier alpha value is -0.860. The Morgan fingerprint density at radius 3 is 2.56 bits per heavy atom. The highest BCUT2D eigenvalue weighted by Crippen LogP contribution is 2.34. The molecule has 1 heterocycles. The van der Waals surface area contributed by atoms with E-state index in [9.17, 15) is 0 Å². The molecule has 2 rings (SSSR count). The van der Waals surface area contributed by atoms with E-state index < -0.39 is 0 Å². The SMILES string of the molecule is CCc1ccc(C(NC)C2CCOC2CC)cc1. The summed E-state index contributed by atoms with van der Waals surface area (Å²) in [5.74, 6) is 0.604. The average Bonchev–Trinajstić information content (AvgIpc) is 2.89. The van der Waals surface area contributed by atoms with Gasteiger partial charge >= 0.3 is 0 Å². The minimum atomic E-state index is 0.410. The van der Waals surface area contributed by atoms with E-state index in [0.29, 0.717) is 18.1 Å². The molecule has 0 bridgehead atoms. The summed E-state index contributed by atoms with van der Waals surface area (Å²) in [4.78, 5) is 0. The lowest BCUT2D eigenvalue weighted by Crippen LogP contribution is -2.30. The molecule has 0 aliphatic carbocycles. The zero-order valence-electron chi connectivity index (χ0n) is 11.8. The second kappa shape index (κ2) is 6.35. The van der Waals surface area contributed by atoms with Crippen LogP contribution in [0.15, 0.2) is 24.3 Å². The fourth-order valence-electron chi connectivity index (χ4n) is 3.06. The van der Waals surface area contributed by atoms with Crippen LogP contribution in [0, 0.1) is 5.92 Å². The maximum atomic E-state index is 5.82. The number of hydrogen-bond donors (Lipinski definition) is 1. The normalized spacial score (nSPS) is 25.3. The van der Waals surface area contributed by atoms with E-state index in [2.05, 4.69) is 50.5 Å². The molecule has 18 heavy (non-hydrogen) atoms. The van der Waals surface area contributed by atoms with Crippen molar-refractivity contribution in [1.82, 2.24) is 5.32 Å². The third-order valence-electron chi connectivity index (χ3n) is 4.15. The second-order valence-electron chi connectivity index (χ2n) is 5.13. The van der Waals surface area contributed by atoms with Crippen LogP contribution in [0.2, 0.25) is 0 Å². The minimum Gasteiger partial charge on any atom is -0.378 e. The first-order valence-corrected chi connectivity index (χ1v) is 7.17. The standard InChI is InChI=1S/C16H25NO/c1-4-12-6-8-13(9-7-12)16(17-3)14-10-11-18-15(14)5-2/h6-9,14-17H,4-5,10-11H2,1-3H3. The van der Waals surface area contributed by atoms with E-state index in [4.69, 9.17) is 4.74 Å². The minimum absolute atomic E-state index is 0.410. The number of aryl methyl sites for hydroxylation is 1. The molecule has 2 heteroatoms. The van der Waals surface area contributed by atoms with Gasteiger partial charge in [0, 0.05) is 18.6 Å². The van der Waals surface area contributed by atoms with Gasteiger partial charge in [0.25, 0.3) is 0 Å². The Morgan fingerprint density at radius 1 is 1.28 bits per heavy atom. The summed E-state index contributed by atoms with van der Waals surface area (Å²) in [6.07, 6.45) is 3.79. The van der Waals surface area contributed by atoms with E-state index in [-0.39, 0.29) is 0 Å². The van der Waals surface area contributed by atoms with Crippen molar-refractivity contribution in [1.29, 1.82) is 0 Å². The smallest absolute Gasteiger partial charge is 0.0619 e. The van der Waals surface area contributed by atoms with Crippen molar-refractivity contribution in [3.05, 3.63) is 35.4 Å². The topological polar surface area (TPSA) is 21.3 Å². The molecule has 0 spiro atoms. The highest BCUT2D eigenvalue weighted by molar-refractivity contribution is 5.26. The van der Waals surface area contributed by atoms with Gasteiger partial charge < -0.3 is 10.1 Å². The third kappa shape index (κ3) is 2.76. The van der Waals surface area contributed by atoms with E-state index in [1.807, 2.05) is 0 Å². The monoisotopic (exact) mass is 247 g/mol. The summed E-state index contributed by atoms with van der Waals surface area (Å²) in [6, 6.07) is 9.45. The second-order valence-corrected chi connectivity index (χ2v) is 5.13. The van der Waals surface area contributed by atoms with Crippen LogP contribution < -0.4 is 5.32 Å². The van der Waals surface area contributed by atoms with Gasteiger partial charge in [0.15, 0.2) is 0 Å². The van der Waals surface area contributed by atoms with E-state index in [1.54, 1.807) is 0 Å². The molecule has 1 fully saturated rings. The molecule has 3 unspecified atom stereocenters. The maximum Gasteiger partial charge on any atom is 0.0619 e. The van der Waals surface area contributed by atoms with Gasteiger partial charge in [-0.05, 0) is 37.4 Å². The van der Waals surface area contributed by atoms with Gasteiger partial charge in [-0.2, -0.15) is 0 Å². The molecule has 1 aromatic carbocycles. The Morgan fingerprint density at radius 2 is 2.00 bits per heavy atom. The summed E-state index contributed by atoms with van der Waals surface area (Å²) in [7, 11) is 2.06. The summed E-state index contributed by atoms with van der Waals surface area (Å²) >= 11 is 0. The van der Waals surface area contributed by atoms with Crippen molar-refractivity contribution < 1.29 is 4.74 Å². The van der Waals surface area contributed by atoms with Gasteiger partial charge in [0.05, 0.1) is 6.10 Å². The van der Waals surface area contributed by atoms with Gasteiger partial charge in [-0.1, -0.05) is 38.1 Å². The molecule has 100 valence electrons. The Bertz CT molecular complexity index is 360. The summed E-state index contributed by atoms with van der Waals surface area (Å²) in [5.41, 5.74) is 2.80. The van der Waals surface area contributed by atoms with Crippen LogP contribution in [0.5, 0.6) is 0 Å². The first kappa shape index (κ1) is 13.6. The summed E-state index contributed by atoms with van der Waals surface area (Å²) in [5, 5.41) is 3.48. The van der Waals surface area contributed by atoms with Crippen LogP contribution in [0.3, 0.4) is 0 Å². The Labute approximate surface area is 111 Å². The fourth-order valence-corrected chi connectivity index (χ4v) is 3.06. The lowest BCUT2D eigenvalue weighted by Gasteiger charge is -2.27. The van der Waals surface area contributed by atoms with Crippen molar-refractivity contribution in [2.45, 2.75) is 45.3 Å². The quantitative estimate of drug-likeness (QED) is 0.862. The molecule has 1 N–H and O–H groups in total. The number of nitrogens with one attached hydrogen (secondary N) is 1. The first-order valence-electron chi connectivity index (χ1n) is 7.17. The number of benzene rings is 1. The van der Waals surface area contributed by atoms with E-state index >= 15 is 0 Å². The summed E-state index contributed by atoms with van der Waals surface area (Å²) < 4.78 is 5.82. The Balaban J connectivity index is 2.16. The largest absolute Gasteiger partial charge is 0.378 e. The van der Waals surface area contributed by atoms with E-state index in [0.717, 1.165) is 19.4 Å². The molecule has 1 aliphatic rings. The van der Waals surface area contributed by atoms with Gasteiger partial charge in [-0.25, -0.2) is 0 Å². The van der Waals surface area contributed by atoms with Gasteiger partial charge in [-0.3, -0.25) is 0 Å². The molecule has 0 aromatic heterocycles. The van der Waals surface area contributed by atoms with Crippen molar-refractivity contribution in [3.8, 4) is 0 Å². The number of rotatable bonds is 5. The van der Waals surface area contributed by atoms with Crippen LogP contribution >= 0.6 is 0 Å². The lowest BCUT2D eigenvalue weighted by atomic mass is 9.86. The van der Waals surface area contributed by atoms with Crippen molar-refractivity contribution >= 4 is 0 Å². The van der Waals surface area contributed by atoms with Crippen LogP contribution in [-0.4, -0.2) is 19.8 Å². The molecule has 0 amide bonds. The molecule has 1 aromatic rings. The van der Waals surface area contributed by atoms with Gasteiger partial charge in [0.2, 0.25) is 0 Å². The van der Waals surface area contributed by atoms with Crippen molar-refractivity contribution in [2.24, 2.45) is 5.92 Å². The van der Waals surface area contributed by atoms with Gasteiger partial charge in [-0.15, -0.1) is 0 Å². The molecule has 0 saturated carbocycles. The van der Waals surface area contributed by atoms with Crippen molar-refractivity contribution in [2.75, 3.05) is 13.7 Å². The maximum absolute atomic E-state index is 5.82. The molecule has 1 saturated heterocycles. The predicted molar refractivity (Wildman–Crippen MR) is 75.8 cm³/mol. The van der Waals surface area contributed by atoms with E-state index in [1.165, 1.54) is 17.5 Å². The molecule has 0 radical (unpaired) electrons. The molecular formula is C16H25NO. The molecule has 2 nitrogen and oxygen atoms in total. The fraction of sp³-hybridized carbons (Fsp3) is 0.625. The average molecular weight is 247 g/mol. The van der Waals surface area contributed by atoms with Crippen LogP contribution in [-0.2, 0) is 11.2 Å². The van der Waals surface area contributed by atoms with Gasteiger partial charge in [0.1, 0.15) is 0 Å². The highest BCUT2D eigenvalue weighted by Gasteiger charge is 2.33. The van der Waals surface area contributed by atoms with Crippen LogP contribution in [0.4, 0.5) is 0 Å². The Kier molecular flexibility index (Phi) is 4.79. The van der Waals surface area contributed by atoms with Crippen molar-refractivity contribution in [3.63, 3.8) is 0 Å².